The standard InChI is InChI=1S/C8H15NS/c1-3-4-7-5-6-9(2)8(7)10/h10H,3-6H2,1-2H3. The number of thiol groups is 1. The lowest BCUT2D eigenvalue weighted by atomic mass is 10.1. The van der Waals surface area contributed by atoms with Crippen molar-refractivity contribution in [1.82, 2.24) is 4.90 Å². The Morgan fingerprint density at radius 1 is 1.60 bits per heavy atom. The van der Waals surface area contributed by atoms with Crippen LogP contribution in [0.4, 0.5) is 0 Å². The highest BCUT2D eigenvalue weighted by molar-refractivity contribution is 7.84. The van der Waals surface area contributed by atoms with Crippen LogP contribution in [0.15, 0.2) is 10.6 Å². The molecule has 0 atom stereocenters. The molecule has 2 heteroatoms. The minimum absolute atomic E-state index is 1.16. The molecule has 1 rings (SSSR count). The van der Waals surface area contributed by atoms with E-state index in [0.29, 0.717) is 0 Å². The fraction of sp³-hybridized carbons (Fsp3) is 0.750. The van der Waals surface area contributed by atoms with Gasteiger partial charge in [-0.2, -0.15) is 0 Å². The maximum atomic E-state index is 4.42. The van der Waals surface area contributed by atoms with Gasteiger partial charge in [-0.1, -0.05) is 13.3 Å². The largest absolute Gasteiger partial charge is 0.369 e. The summed E-state index contributed by atoms with van der Waals surface area (Å²) in [6.45, 7) is 3.38. The van der Waals surface area contributed by atoms with Crippen LogP contribution in [-0.4, -0.2) is 18.5 Å². The third-order valence-electron chi connectivity index (χ3n) is 1.98. The Morgan fingerprint density at radius 3 is 2.70 bits per heavy atom. The lowest BCUT2D eigenvalue weighted by Crippen LogP contribution is -2.08. The van der Waals surface area contributed by atoms with Crippen LogP contribution in [0.1, 0.15) is 26.2 Å². The van der Waals surface area contributed by atoms with E-state index < -0.39 is 0 Å². The SMILES string of the molecule is CCCC1=C(S)N(C)CC1. The van der Waals surface area contributed by atoms with Crippen molar-refractivity contribution in [3.63, 3.8) is 0 Å². The molecular weight excluding hydrogens is 142 g/mol. The van der Waals surface area contributed by atoms with Crippen molar-refractivity contribution < 1.29 is 0 Å². The predicted molar refractivity (Wildman–Crippen MR) is 48.2 cm³/mol. The number of nitrogens with zero attached hydrogens (tertiary/aromatic N) is 1. The molecule has 0 spiro atoms. The van der Waals surface area contributed by atoms with Gasteiger partial charge in [0.15, 0.2) is 0 Å². The summed E-state index contributed by atoms with van der Waals surface area (Å²) in [6, 6.07) is 0. The molecule has 0 aromatic carbocycles. The van der Waals surface area contributed by atoms with Gasteiger partial charge in [-0.25, -0.2) is 0 Å². The first kappa shape index (κ1) is 7.99. The Hall–Kier alpha value is -0.110. The Labute approximate surface area is 68.5 Å². The molecule has 0 fully saturated rings. The minimum atomic E-state index is 1.16. The van der Waals surface area contributed by atoms with Crippen molar-refractivity contribution in [3.05, 3.63) is 10.6 Å². The fourth-order valence-electron chi connectivity index (χ4n) is 1.33. The summed E-state index contributed by atoms with van der Waals surface area (Å²) in [7, 11) is 2.10. The van der Waals surface area contributed by atoms with Crippen LogP contribution in [0.25, 0.3) is 0 Å². The highest BCUT2D eigenvalue weighted by Gasteiger charge is 2.14. The summed E-state index contributed by atoms with van der Waals surface area (Å²) in [5.41, 5.74) is 1.54. The number of hydrogen-bond acceptors (Lipinski definition) is 2. The van der Waals surface area contributed by atoms with Crippen molar-refractivity contribution in [2.24, 2.45) is 0 Å². The first-order chi connectivity index (χ1) is 4.75. The van der Waals surface area contributed by atoms with Gasteiger partial charge in [0.2, 0.25) is 0 Å². The smallest absolute Gasteiger partial charge is 0.0666 e. The molecule has 0 unspecified atom stereocenters. The normalized spacial score (nSPS) is 18.9. The first-order valence-corrected chi connectivity index (χ1v) is 4.32. The van der Waals surface area contributed by atoms with Crippen molar-refractivity contribution in [1.29, 1.82) is 0 Å². The van der Waals surface area contributed by atoms with Gasteiger partial charge in [0, 0.05) is 13.6 Å². The van der Waals surface area contributed by atoms with Crippen LogP contribution in [0.2, 0.25) is 0 Å². The van der Waals surface area contributed by atoms with Gasteiger partial charge >= 0.3 is 0 Å². The van der Waals surface area contributed by atoms with E-state index in [1.807, 2.05) is 0 Å². The van der Waals surface area contributed by atoms with Gasteiger partial charge in [-0.3, -0.25) is 0 Å². The Balaban J connectivity index is 2.56. The zero-order chi connectivity index (χ0) is 7.56. The van der Waals surface area contributed by atoms with E-state index in [1.54, 1.807) is 0 Å². The van der Waals surface area contributed by atoms with E-state index in [2.05, 4.69) is 31.5 Å². The van der Waals surface area contributed by atoms with Gasteiger partial charge in [0.05, 0.1) is 5.03 Å². The molecule has 10 heavy (non-hydrogen) atoms. The van der Waals surface area contributed by atoms with Crippen molar-refractivity contribution in [2.45, 2.75) is 26.2 Å². The van der Waals surface area contributed by atoms with Crippen LogP contribution in [-0.2, 0) is 0 Å². The molecule has 1 aliphatic rings. The number of rotatable bonds is 2. The number of hydrogen-bond donors (Lipinski definition) is 1. The lowest BCUT2D eigenvalue weighted by Gasteiger charge is -2.10. The molecule has 1 nitrogen and oxygen atoms in total. The van der Waals surface area contributed by atoms with Crippen LogP contribution in [0, 0.1) is 0 Å². The molecule has 0 N–H and O–H groups in total. The summed E-state index contributed by atoms with van der Waals surface area (Å²) in [4.78, 5) is 2.22. The van der Waals surface area contributed by atoms with Crippen LogP contribution >= 0.6 is 12.6 Å². The molecule has 0 saturated carbocycles. The molecule has 0 bridgehead atoms. The molecule has 0 radical (unpaired) electrons. The van der Waals surface area contributed by atoms with Crippen LogP contribution < -0.4 is 0 Å². The molecule has 0 saturated heterocycles. The van der Waals surface area contributed by atoms with Gasteiger partial charge in [0.25, 0.3) is 0 Å². The molecule has 0 amide bonds. The lowest BCUT2D eigenvalue weighted by molar-refractivity contribution is 0.487. The van der Waals surface area contributed by atoms with Gasteiger partial charge in [-0.05, 0) is 18.4 Å². The molecule has 0 aromatic heterocycles. The maximum absolute atomic E-state index is 4.42. The van der Waals surface area contributed by atoms with Gasteiger partial charge in [0.1, 0.15) is 0 Å². The summed E-state index contributed by atoms with van der Waals surface area (Å²) in [6.07, 6.45) is 3.69. The van der Waals surface area contributed by atoms with Gasteiger partial charge in [-0.15, -0.1) is 12.6 Å². The molecule has 0 aromatic rings. The van der Waals surface area contributed by atoms with E-state index in [-0.39, 0.29) is 0 Å². The van der Waals surface area contributed by atoms with Gasteiger partial charge < -0.3 is 4.90 Å². The molecule has 58 valence electrons. The average Bonchev–Trinajstić information content (AvgIpc) is 2.20. The second-order valence-corrected chi connectivity index (χ2v) is 3.27. The highest BCUT2D eigenvalue weighted by Crippen LogP contribution is 2.26. The quantitative estimate of drug-likeness (QED) is 0.602. The molecule has 1 aliphatic heterocycles. The zero-order valence-corrected chi connectivity index (χ0v) is 7.62. The van der Waals surface area contributed by atoms with E-state index in [0.717, 1.165) is 6.54 Å². The average molecular weight is 157 g/mol. The third-order valence-corrected chi connectivity index (χ3v) is 2.64. The van der Waals surface area contributed by atoms with Crippen molar-refractivity contribution in [3.8, 4) is 0 Å². The van der Waals surface area contributed by atoms with E-state index in [4.69, 9.17) is 0 Å². The van der Waals surface area contributed by atoms with Crippen LogP contribution in [0.3, 0.4) is 0 Å². The molecule has 0 aliphatic carbocycles. The molecule has 1 heterocycles. The summed E-state index contributed by atoms with van der Waals surface area (Å²) in [5, 5.41) is 1.21. The second kappa shape index (κ2) is 3.33. The Kier molecular flexibility index (Phi) is 2.66. The van der Waals surface area contributed by atoms with E-state index in [9.17, 15) is 0 Å². The predicted octanol–water partition coefficient (Wildman–Crippen LogP) is 2.26. The monoisotopic (exact) mass is 157 g/mol. The fourth-order valence-corrected chi connectivity index (χ4v) is 1.65. The minimum Gasteiger partial charge on any atom is -0.369 e. The Bertz CT molecular complexity index is 151. The van der Waals surface area contributed by atoms with E-state index in [1.165, 1.54) is 29.9 Å². The van der Waals surface area contributed by atoms with E-state index >= 15 is 0 Å². The van der Waals surface area contributed by atoms with Crippen molar-refractivity contribution >= 4 is 12.6 Å². The summed E-state index contributed by atoms with van der Waals surface area (Å²) < 4.78 is 0. The summed E-state index contributed by atoms with van der Waals surface area (Å²) >= 11 is 4.42. The molecular formula is C8H15NS. The summed E-state index contributed by atoms with van der Waals surface area (Å²) in [5.74, 6) is 0. The van der Waals surface area contributed by atoms with Crippen LogP contribution in [0.5, 0.6) is 0 Å². The third kappa shape index (κ3) is 1.48. The Morgan fingerprint density at radius 2 is 2.30 bits per heavy atom. The topological polar surface area (TPSA) is 3.24 Å². The second-order valence-electron chi connectivity index (χ2n) is 2.85. The maximum Gasteiger partial charge on any atom is 0.0666 e. The highest BCUT2D eigenvalue weighted by atomic mass is 32.1. The first-order valence-electron chi connectivity index (χ1n) is 3.87. The van der Waals surface area contributed by atoms with Crippen molar-refractivity contribution in [2.75, 3.05) is 13.6 Å². The zero-order valence-electron chi connectivity index (χ0n) is 6.72.